The molecule has 150 valence electrons. The molecule has 2 aromatic rings. The zero-order valence-corrected chi connectivity index (χ0v) is 15.9. The van der Waals surface area contributed by atoms with Crippen LogP contribution in [0.15, 0.2) is 41.0 Å². The Labute approximate surface area is 167 Å². The Kier molecular flexibility index (Phi) is 4.92. The second-order valence-electron chi connectivity index (χ2n) is 7.12. The van der Waals surface area contributed by atoms with Crippen molar-refractivity contribution in [2.75, 3.05) is 13.1 Å². The molecule has 1 atom stereocenters. The fourth-order valence-electron chi connectivity index (χ4n) is 3.59. The van der Waals surface area contributed by atoms with Gasteiger partial charge >= 0.3 is 5.97 Å². The maximum absolute atomic E-state index is 12.7. The molecule has 1 aromatic heterocycles. The third-order valence-corrected chi connectivity index (χ3v) is 5.15. The molecule has 1 fully saturated rings. The van der Waals surface area contributed by atoms with Gasteiger partial charge in [0.1, 0.15) is 5.76 Å². The number of hydrogen-bond donors (Lipinski definition) is 0. The van der Waals surface area contributed by atoms with Crippen LogP contribution in [-0.4, -0.2) is 52.7 Å². The van der Waals surface area contributed by atoms with E-state index in [9.17, 15) is 19.2 Å². The summed E-state index contributed by atoms with van der Waals surface area (Å²) >= 11 is 0. The first-order valence-corrected chi connectivity index (χ1v) is 9.48. The largest absolute Gasteiger partial charge is 0.467 e. The number of rotatable bonds is 5. The van der Waals surface area contributed by atoms with Crippen LogP contribution in [0.4, 0.5) is 0 Å². The molecular formula is C21H20N2O6. The van der Waals surface area contributed by atoms with Gasteiger partial charge in [0, 0.05) is 13.1 Å². The van der Waals surface area contributed by atoms with Gasteiger partial charge in [-0.05, 0) is 50.1 Å². The highest BCUT2D eigenvalue weighted by Crippen LogP contribution is 2.26. The van der Waals surface area contributed by atoms with Crippen molar-refractivity contribution in [3.05, 3.63) is 59.0 Å². The van der Waals surface area contributed by atoms with E-state index < -0.39 is 23.9 Å². The van der Waals surface area contributed by atoms with Gasteiger partial charge in [-0.1, -0.05) is 0 Å². The third kappa shape index (κ3) is 3.53. The van der Waals surface area contributed by atoms with Crippen molar-refractivity contribution in [1.29, 1.82) is 0 Å². The van der Waals surface area contributed by atoms with Gasteiger partial charge in [-0.15, -0.1) is 0 Å². The fraction of sp³-hybridized carbons (Fsp3) is 0.333. The molecule has 3 heterocycles. The Morgan fingerprint density at radius 3 is 2.52 bits per heavy atom. The quantitative estimate of drug-likeness (QED) is 0.568. The van der Waals surface area contributed by atoms with E-state index in [-0.39, 0.29) is 29.1 Å². The average Bonchev–Trinajstić information content (AvgIpc) is 3.47. The monoisotopic (exact) mass is 396 g/mol. The van der Waals surface area contributed by atoms with Crippen molar-refractivity contribution >= 4 is 23.7 Å². The smallest absolute Gasteiger partial charge is 0.338 e. The van der Waals surface area contributed by atoms with E-state index in [1.807, 2.05) is 0 Å². The zero-order valence-electron chi connectivity index (χ0n) is 15.9. The van der Waals surface area contributed by atoms with E-state index in [0.717, 1.165) is 17.7 Å². The number of furan rings is 1. The fourth-order valence-corrected chi connectivity index (χ4v) is 3.59. The van der Waals surface area contributed by atoms with Crippen LogP contribution in [0.3, 0.4) is 0 Å². The maximum Gasteiger partial charge on any atom is 0.338 e. The molecule has 1 aromatic carbocycles. The number of benzene rings is 1. The maximum atomic E-state index is 12.7. The summed E-state index contributed by atoms with van der Waals surface area (Å²) in [5, 5.41) is 0. The number of hydrogen-bond acceptors (Lipinski definition) is 6. The molecule has 0 saturated carbocycles. The van der Waals surface area contributed by atoms with Gasteiger partial charge in [-0.2, -0.15) is 0 Å². The van der Waals surface area contributed by atoms with E-state index in [0.29, 0.717) is 18.8 Å². The minimum Gasteiger partial charge on any atom is -0.467 e. The lowest BCUT2D eigenvalue weighted by Gasteiger charge is -2.20. The lowest BCUT2D eigenvalue weighted by atomic mass is 10.1. The minimum atomic E-state index is -0.915. The first-order chi connectivity index (χ1) is 14.0. The molecule has 1 saturated heterocycles. The van der Waals surface area contributed by atoms with Crippen molar-refractivity contribution in [3.63, 3.8) is 0 Å². The standard InChI is InChI=1S/C21H20N2O6/c1-13(18(24)22-8-2-3-9-22)29-21(27)14-6-7-16-17(11-14)20(26)23(19(16)25)12-15-5-4-10-28-15/h4-7,10-11,13H,2-3,8-9,12H2,1H3/t13-/m1/s1. The first-order valence-electron chi connectivity index (χ1n) is 9.48. The summed E-state index contributed by atoms with van der Waals surface area (Å²) in [6.45, 7) is 2.88. The lowest BCUT2D eigenvalue weighted by Crippen LogP contribution is -2.38. The highest BCUT2D eigenvalue weighted by atomic mass is 16.5. The number of imide groups is 1. The summed E-state index contributed by atoms with van der Waals surface area (Å²) < 4.78 is 10.5. The Bertz CT molecular complexity index is 975. The average molecular weight is 396 g/mol. The number of esters is 1. The summed E-state index contributed by atoms with van der Waals surface area (Å²) in [5.41, 5.74) is 0.472. The second-order valence-corrected chi connectivity index (χ2v) is 7.12. The minimum absolute atomic E-state index is 0.0144. The molecule has 0 N–H and O–H groups in total. The van der Waals surface area contributed by atoms with Crippen LogP contribution < -0.4 is 0 Å². The van der Waals surface area contributed by atoms with Crippen molar-refractivity contribution < 1.29 is 28.3 Å². The molecule has 29 heavy (non-hydrogen) atoms. The number of carbonyl (C=O) groups is 4. The van der Waals surface area contributed by atoms with Crippen molar-refractivity contribution in [2.45, 2.75) is 32.4 Å². The summed E-state index contributed by atoms with van der Waals surface area (Å²) in [5.74, 6) is -1.41. The number of amides is 3. The van der Waals surface area contributed by atoms with Gasteiger partial charge in [0.15, 0.2) is 6.10 Å². The Hall–Kier alpha value is -3.42. The van der Waals surface area contributed by atoms with Crippen LogP contribution in [0, 0.1) is 0 Å². The highest BCUT2D eigenvalue weighted by Gasteiger charge is 2.37. The number of nitrogens with zero attached hydrogens (tertiary/aromatic N) is 2. The first kappa shape index (κ1) is 18.9. The van der Waals surface area contributed by atoms with Crippen LogP contribution in [0.5, 0.6) is 0 Å². The van der Waals surface area contributed by atoms with Gasteiger partial charge in [-0.25, -0.2) is 4.79 Å². The van der Waals surface area contributed by atoms with E-state index in [4.69, 9.17) is 9.15 Å². The van der Waals surface area contributed by atoms with E-state index in [1.54, 1.807) is 17.0 Å². The van der Waals surface area contributed by atoms with Crippen LogP contribution in [0.1, 0.15) is 56.6 Å². The van der Waals surface area contributed by atoms with Crippen molar-refractivity contribution in [1.82, 2.24) is 9.80 Å². The van der Waals surface area contributed by atoms with E-state index >= 15 is 0 Å². The Morgan fingerprint density at radius 1 is 1.10 bits per heavy atom. The second kappa shape index (κ2) is 7.54. The predicted octanol–water partition coefficient (Wildman–Crippen LogP) is 2.24. The third-order valence-electron chi connectivity index (χ3n) is 5.15. The molecule has 8 nitrogen and oxygen atoms in total. The van der Waals surface area contributed by atoms with Crippen molar-refractivity contribution in [2.24, 2.45) is 0 Å². The SMILES string of the molecule is C[C@@H](OC(=O)c1ccc2c(c1)C(=O)N(Cc1ccco1)C2=O)C(=O)N1CCCC1. The Balaban J connectivity index is 1.48. The van der Waals surface area contributed by atoms with Crippen LogP contribution >= 0.6 is 0 Å². The van der Waals surface area contributed by atoms with Crippen LogP contribution in [0.2, 0.25) is 0 Å². The molecule has 0 spiro atoms. The lowest BCUT2D eigenvalue weighted by molar-refractivity contribution is -0.138. The normalized spacial score (nSPS) is 16.9. The van der Waals surface area contributed by atoms with Gasteiger partial charge in [-0.3, -0.25) is 19.3 Å². The van der Waals surface area contributed by atoms with E-state index in [1.165, 1.54) is 31.4 Å². The number of likely N-dealkylation sites (tertiary alicyclic amines) is 1. The summed E-state index contributed by atoms with van der Waals surface area (Å²) in [6, 6.07) is 7.54. The molecule has 3 amide bonds. The number of ether oxygens (including phenoxy) is 1. The van der Waals surface area contributed by atoms with Gasteiger partial charge < -0.3 is 14.1 Å². The number of carbonyl (C=O) groups excluding carboxylic acids is 4. The predicted molar refractivity (Wildman–Crippen MR) is 100 cm³/mol. The van der Waals surface area contributed by atoms with Crippen molar-refractivity contribution in [3.8, 4) is 0 Å². The molecule has 0 aliphatic carbocycles. The van der Waals surface area contributed by atoms with E-state index in [2.05, 4.69) is 0 Å². The highest BCUT2D eigenvalue weighted by molar-refractivity contribution is 6.21. The Morgan fingerprint density at radius 2 is 1.83 bits per heavy atom. The number of fused-ring (bicyclic) bond motifs is 1. The van der Waals surface area contributed by atoms with Gasteiger partial charge in [0.05, 0.1) is 29.5 Å². The molecule has 4 rings (SSSR count). The van der Waals surface area contributed by atoms with Crippen LogP contribution in [0.25, 0.3) is 0 Å². The molecule has 8 heteroatoms. The van der Waals surface area contributed by atoms with Gasteiger partial charge in [0.25, 0.3) is 17.7 Å². The molecule has 0 unspecified atom stereocenters. The molecule has 0 radical (unpaired) electrons. The van der Waals surface area contributed by atoms with Gasteiger partial charge in [0.2, 0.25) is 0 Å². The molecule has 2 aliphatic heterocycles. The molecule has 0 bridgehead atoms. The van der Waals surface area contributed by atoms with Crippen LogP contribution in [-0.2, 0) is 16.1 Å². The summed E-state index contributed by atoms with van der Waals surface area (Å²) in [4.78, 5) is 52.7. The summed E-state index contributed by atoms with van der Waals surface area (Å²) in [6.07, 6.45) is 2.44. The zero-order chi connectivity index (χ0) is 20.5. The molecular weight excluding hydrogens is 376 g/mol. The topological polar surface area (TPSA) is 97.1 Å². The molecule has 2 aliphatic rings. The summed E-state index contributed by atoms with van der Waals surface area (Å²) in [7, 11) is 0.